The van der Waals surface area contributed by atoms with Gasteiger partial charge in [0.25, 0.3) is 0 Å². The molecule has 0 atom stereocenters. The van der Waals surface area contributed by atoms with Crippen molar-refractivity contribution in [3.05, 3.63) is 0 Å². The number of nitrogens with two attached hydrogens (primary N) is 1. The van der Waals surface area contributed by atoms with E-state index < -0.39 is 0 Å². The Morgan fingerprint density at radius 1 is 0.762 bits per heavy atom. The van der Waals surface area contributed by atoms with Crippen molar-refractivity contribution in [1.82, 2.24) is 20.9 Å². The van der Waals surface area contributed by atoms with Gasteiger partial charge in [-0.05, 0) is 18.4 Å². The summed E-state index contributed by atoms with van der Waals surface area (Å²) in [5.41, 5.74) is 5.66. The molecule has 0 rings (SSSR count). The predicted molar refractivity (Wildman–Crippen MR) is 93.8 cm³/mol. The van der Waals surface area contributed by atoms with Crippen molar-refractivity contribution in [2.24, 2.45) is 17.6 Å². The molecule has 0 saturated carbocycles. The quantitative estimate of drug-likeness (QED) is 0.328. The van der Waals surface area contributed by atoms with Crippen LogP contribution in [0.3, 0.4) is 0 Å². The third-order valence-corrected chi connectivity index (χ3v) is 3.18. The molecular formula is C16H39N5. The average molecular weight is 302 g/mol. The van der Waals surface area contributed by atoms with E-state index in [1.54, 1.807) is 0 Å². The van der Waals surface area contributed by atoms with Crippen LogP contribution in [-0.4, -0.2) is 70.3 Å². The third-order valence-electron chi connectivity index (χ3n) is 3.18. The van der Waals surface area contributed by atoms with Crippen molar-refractivity contribution in [3.63, 3.8) is 0 Å². The highest BCUT2D eigenvalue weighted by molar-refractivity contribution is 4.63. The lowest BCUT2D eigenvalue weighted by Crippen LogP contribution is -2.39. The first-order valence-corrected chi connectivity index (χ1v) is 8.60. The van der Waals surface area contributed by atoms with Gasteiger partial charge in [0.15, 0.2) is 0 Å². The first kappa shape index (κ1) is 20.8. The molecule has 0 fully saturated rings. The van der Waals surface area contributed by atoms with Crippen LogP contribution < -0.4 is 21.7 Å². The predicted octanol–water partition coefficient (Wildman–Crippen LogP) is 0.328. The van der Waals surface area contributed by atoms with Crippen LogP contribution in [-0.2, 0) is 0 Å². The molecule has 0 aliphatic rings. The number of rotatable bonds is 15. The second-order valence-electron chi connectivity index (χ2n) is 6.58. The lowest BCUT2D eigenvalue weighted by molar-refractivity contribution is 0.250. The summed E-state index contributed by atoms with van der Waals surface area (Å²) in [4.78, 5) is 2.45. The standard InChI is InChI=1S/C16H39N5/c1-15(2)13-20-9-8-18-6-7-19-10-12-21(11-5-17)14-16(3)4/h15-16,18-20H,5-14,17H2,1-4H3. The van der Waals surface area contributed by atoms with Gasteiger partial charge < -0.3 is 26.6 Å². The Bertz CT molecular complexity index is 209. The summed E-state index contributed by atoms with van der Waals surface area (Å²) in [6, 6.07) is 0. The lowest BCUT2D eigenvalue weighted by Gasteiger charge is -2.23. The number of nitrogens with zero attached hydrogens (tertiary/aromatic N) is 1. The first-order chi connectivity index (χ1) is 10.1. The summed E-state index contributed by atoms with van der Waals surface area (Å²) in [6.45, 7) is 19.3. The molecule has 0 radical (unpaired) electrons. The summed E-state index contributed by atoms with van der Waals surface area (Å²) in [5, 5.41) is 10.4. The summed E-state index contributed by atoms with van der Waals surface area (Å²) >= 11 is 0. The molecule has 0 aliphatic heterocycles. The van der Waals surface area contributed by atoms with Crippen molar-refractivity contribution < 1.29 is 0 Å². The Morgan fingerprint density at radius 3 is 1.86 bits per heavy atom. The van der Waals surface area contributed by atoms with Crippen LogP contribution in [0.1, 0.15) is 27.7 Å². The summed E-state index contributed by atoms with van der Waals surface area (Å²) in [7, 11) is 0. The highest BCUT2D eigenvalue weighted by Gasteiger charge is 2.05. The van der Waals surface area contributed by atoms with Crippen LogP contribution >= 0.6 is 0 Å². The minimum absolute atomic E-state index is 0.705. The van der Waals surface area contributed by atoms with Gasteiger partial charge in [-0.15, -0.1) is 0 Å². The largest absolute Gasteiger partial charge is 0.329 e. The molecule has 5 heteroatoms. The van der Waals surface area contributed by atoms with Gasteiger partial charge in [0.2, 0.25) is 0 Å². The molecule has 5 N–H and O–H groups in total. The van der Waals surface area contributed by atoms with Crippen LogP contribution in [0.2, 0.25) is 0 Å². The fourth-order valence-electron chi connectivity index (χ4n) is 2.22. The average Bonchev–Trinajstić information content (AvgIpc) is 2.40. The summed E-state index contributed by atoms with van der Waals surface area (Å²) < 4.78 is 0. The second-order valence-corrected chi connectivity index (χ2v) is 6.58. The molecule has 0 saturated heterocycles. The molecule has 21 heavy (non-hydrogen) atoms. The Labute approximate surface area is 132 Å². The van der Waals surface area contributed by atoms with E-state index in [1.165, 1.54) is 0 Å². The highest BCUT2D eigenvalue weighted by Crippen LogP contribution is 1.96. The Kier molecular flexibility index (Phi) is 14.6. The molecule has 0 aliphatic carbocycles. The van der Waals surface area contributed by atoms with Crippen molar-refractivity contribution in [2.75, 3.05) is 65.4 Å². The summed E-state index contributed by atoms with van der Waals surface area (Å²) in [5.74, 6) is 1.44. The van der Waals surface area contributed by atoms with Crippen LogP contribution in [0, 0.1) is 11.8 Å². The molecule has 0 aromatic rings. The smallest absolute Gasteiger partial charge is 0.0107 e. The molecule has 0 spiro atoms. The third kappa shape index (κ3) is 16.0. The minimum Gasteiger partial charge on any atom is -0.329 e. The molecular weight excluding hydrogens is 262 g/mol. The van der Waals surface area contributed by atoms with E-state index in [1.807, 2.05) is 0 Å². The first-order valence-electron chi connectivity index (χ1n) is 8.60. The SMILES string of the molecule is CC(C)CNCCNCCNCCN(CCN)CC(C)C. The highest BCUT2D eigenvalue weighted by atomic mass is 15.1. The van der Waals surface area contributed by atoms with Gasteiger partial charge in [-0.2, -0.15) is 0 Å². The number of hydrogen-bond donors (Lipinski definition) is 4. The Balaban J connectivity index is 3.33. The van der Waals surface area contributed by atoms with E-state index in [2.05, 4.69) is 48.5 Å². The van der Waals surface area contributed by atoms with Crippen LogP contribution in [0.15, 0.2) is 0 Å². The van der Waals surface area contributed by atoms with Crippen LogP contribution in [0.25, 0.3) is 0 Å². The molecule has 128 valence electrons. The normalized spacial score (nSPS) is 12.0. The van der Waals surface area contributed by atoms with E-state index in [9.17, 15) is 0 Å². The number of nitrogens with one attached hydrogen (secondary N) is 3. The monoisotopic (exact) mass is 301 g/mol. The molecule has 0 amide bonds. The van der Waals surface area contributed by atoms with Crippen molar-refractivity contribution in [1.29, 1.82) is 0 Å². The minimum atomic E-state index is 0.705. The molecule has 0 bridgehead atoms. The van der Waals surface area contributed by atoms with E-state index in [-0.39, 0.29) is 0 Å². The van der Waals surface area contributed by atoms with Crippen molar-refractivity contribution in [2.45, 2.75) is 27.7 Å². The zero-order valence-corrected chi connectivity index (χ0v) is 14.8. The van der Waals surface area contributed by atoms with Crippen LogP contribution in [0.5, 0.6) is 0 Å². The van der Waals surface area contributed by atoms with E-state index in [4.69, 9.17) is 5.73 Å². The Morgan fingerprint density at radius 2 is 1.33 bits per heavy atom. The topological polar surface area (TPSA) is 65.3 Å². The molecule has 0 aromatic heterocycles. The lowest BCUT2D eigenvalue weighted by atomic mass is 10.2. The van der Waals surface area contributed by atoms with Crippen molar-refractivity contribution >= 4 is 0 Å². The van der Waals surface area contributed by atoms with Gasteiger partial charge in [-0.1, -0.05) is 27.7 Å². The number of hydrogen-bond acceptors (Lipinski definition) is 5. The van der Waals surface area contributed by atoms with Gasteiger partial charge >= 0.3 is 0 Å². The van der Waals surface area contributed by atoms with E-state index in [0.29, 0.717) is 5.92 Å². The van der Waals surface area contributed by atoms with Crippen molar-refractivity contribution in [3.8, 4) is 0 Å². The summed E-state index contributed by atoms with van der Waals surface area (Å²) in [6.07, 6.45) is 0. The zero-order chi connectivity index (χ0) is 15.9. The van der Waals surface area contributed by atoms with Gasteiger partial charge in [0.05, 0.1) is 0 Å². The second kappa shape index (κ2) is 14.7. The molecule has 0 heterocycles. The molecule has 0 unspecified atom stereocenters. The maximum atomic E-state index is 5.66. The van der Waals surface area contributed by atoms with Gasteiger partial charge in [0, 0.05) is 58.9 Å². The molecule has 5 nitrogen and oxygen atoms in total. The van der Waals surface area contributed by atoms with Crippen LogP contribution in [0.4, 0.5) is 0 Å². The Hall–Kier alpha value is -0.200. The van der Waals surface area contributed by atoms with E-state index in [0.717, 1.165) is 71.4 Å². The molecule has 0 aromatic carbocycles. The van der Waals surface area contributed by atoms with Gasteiger partial charge in [0.1, 0.15) is 0 Å². The fraction of sp³-hybridized carbons (Fsp3) is 1.00. The maximum Gasteiger partial charge on any atom is 0.0107 e. The zero-order valence-electron chi connectivity index (χ0n) is 14.8. The van der Waals surface area contributed by atoms with Gasteiger partial charge in [-0.3, -0.25) is 0 Å². The van der Waals surface area contributed by atoms with E-state index >= 15 is 0 Å². The van der Waals surface area contributed by atoms with Gasteiger partial charge in [-0.25, -0.2) is 0 Å². The fourth-order valence-corrected chi connectivity index (χ4v) is 2.22. The maximum absolute atomic E-state index is 5.66.